The summed E-state index contributed by atoms with van der Waals surface area (Å²) in [5.41, 5.74) is 1.35. The highest BCUT2D eigenvalue weighted by Crippen LogP contribution is 2.26. The molecule has 1 fully saturated rings. The summed E-state index contributed by atoms with van der Waals surface area (Å²) in [4.78, 5) is 14.0. The smallest absolute Gasteiger partial charge is 0.236 e. The number of nitrogens with one attached hydrogen (secondary N) is 1. The average Bonchev–Trinajstić information content (AvgIpc) is 3.05. The van der Waals surface area contributed by atoms with Crippen LogP contribution in [-0.2, 0) is 11.2 Å². The van der Waals surface area contributed by atoms with Crippen LogP contribution in [0.3, 0.4) is 0 Å². The Morgan fingerprint density at radius 2 is 2.39 bits per heavy atom. The Morgan fingerprint density at radius 3 is 2.94 bits per heavy atom. The van der Waals surface area contributed by atoms with E-state index in [1.165, 1.54) is 18.4 Å². The van der Waals surface area contributed by atoms with Crippen molar-refractivity contribution >= 4 is 17.2 Å². The minimum Gasteiger partial charge on any atom is -0.339 e. The Morgan fingerprint density at radius 1 is 1.61 bits per heavy atom. The first kappa shape index (κ1) is 13.6. The van der Waals surface area contributed by atoms with Gasteiger partial charge in [-0.25, -0.2) is 0 Å². The van der Waals surface area contributed by atoms with E-state index in [9.17, 15) is 4.79 Å². The SMILES string of the molecule is CCN(C(=O)CNC(C)Cc1ccsc1)C1CC1. The summed E-state index contributed by atoms with van der Waals surface area (Å²) in [7, 11) is 0. The van der Waals surface area contributed by atoms with Crippen molar-refractivity contribution in [1.29, 1.82) is 0 Å². The number of rotatable bonds is 7. The summed E-state index contributed by atoms with van der Waals surface area (Å²) in [5, 5.41) is 7.60. The molecule has 0 spiro atoms. The van der Waals surface area contributed by atoms with Crippen molar-refractivity contribution in [3.8, 4) is 0 Å². The predicted octanol–water partition coefficient (Wildman–Crippen LogP) is 2.28. The third-order valence-electron chi connectivity index (χ3n) is 3.37. The van der Waals surface area contributed by atoms with Crippen LogP contribution in [0.2, 0.25) is 0 Å². The van der Waals surface area contributed by atoms with Gasteiger partial charge in [-0.1, -0.05) is 0 Å². The molecule has 0 aliphatic heterocycles. The van der Waals surface area contributed by atoms with Crippen LogP contribution in [0.5, 0.6) is 0 Å². The maximum absolute atomic E-state index is 12.0. The largest absolute Gasteiger partial charge is 0.339 e. The van der Waals surface area contributed by atoms with Crippen molar-refractivity contribution in [1.82, 2.24) is 10.2 Å². The lowest BCUT2D eigenvalue weighted by atomic mass is 10.1. The van der Waals surface area contributed by atoms with Gasteiger partial charge in [0.2, 0.25) is 5.91 Å². The van der Waals surface area contributed by atoms with Crippen LogP contribution < -0.4 is 5.32 Å². The first-order chi connectivity index (χ1) is 8.70. The fraction of sp³-hybridized carbons (Fsp3) is 0.643. The average molecular weight is 266 g/mol. The minimum absolute atomic E-state index is 0.247. The molecule has 1 heterocycles. The van der Waals surface area contributed by atoms with E-state index in [4.69, 9.17) is 0 Å². The number of likely N-dealkylation sites (N-methyl/N-ethyl adjacent to an activating group) is 1. The predicted molar refractivity (Wildman–Crippen MR) is 75.9 cm³/mol. The highest BCUT2D eigenvalue weighted by atomic mass is 32.1. The monoisotopic (exact) mass is 266 g/mol. The van der Waals surface area contributed by atoms with E-state index in [0.29, 0.717) is 18.6 Å². The van der Waals surface area contributed by atoms with Gasteiger partial charge in [-0.05, 0) is 55.5 Å². The molecule has 18 heavy (non-hydrogen) atoms. The molecule has 1 amide bonds. The first-order valence-electron chi connectivity index (χ1n) is 6.74. The lowest BCUT2D eigenvalue weighted by Gasteiger charge is -2.22. The molecule has 0 radical (unpaired) electrons. The van der Waals surface area contributed by atoms with Crippen LogP contribution in [0.4, 0.5) is 0 Å². The van der Waals surface area contributed by atoms with E-state index in [1.54, 1.807) is 11.3 Å². The molecule has 1 unspecified atom stereocenters. The molecule has 1 aromatic rings. The zero-order valence-corrected chi connectivity index (χ0v) is 12.0. The number of thiophene rings is 1. The van der Waals surface area contributed by atoms with E-state index in [1.807, 2.05) is 4.90 Å². The third-order valence-corrected chi connectivity index (χ3v) is 4.10. The second kappa shape index (κ2) is 6.34. The van der Waals surface area contributed by atoms with Crippen LogP contribution in [0.25, 0.3) is 0 Å². The zero-order valence-electron chi connectivity index (χ0n) is 11.2. The maximum atomic E-state index is 12.0. The summed E-state index contributed by atoms with van der Waals surface area (Å²) in [6, 6.07) is 3.02. The van der Waals surface area contributed by atoms with Crippen molar-refractivity contribution in [2.75, 3.05) is 13.1 Å². The van der Waals surface area contributed by atoms with E-state index in [-0.39, 0.29) is 5.91 Å². The highest BCUT2D eigenvalue weighted by molar-refractivity contribution is 7.07. The number of carbonyl (C=O) groups is 1. The summed E-state index contributed by atoms with van der Waals surface area (Å²) in [6.45, 7) is 5.50. The molecule has 1 saturated carbocycles. The molecule has 1 N–H and O–H groups in total. The van der Waals surface area contributed by atoms with Gasteiger partial charge in [-0.2, -0.15) is 11.3 Å². The number of amides is 1. The lowest BCUT2D eigenvalue weighted by Crippen LogP contribution is -2.42. The van der Waals surface area contributed by atoms with Gasteiger partial charge in [-0.3, -0.25) is 4.79 Å². The van der Waals surface area contributed by atoms with Gasteiger partial charge in [-0.15, -0.1) is 0 Å². The lowest BCUT2D eigenvalue weighted by molar-refractivity contribution is -0.130. The van der Waals surface area contributed by atoms with E-state index >= 15 is 0 Å². The van der Waals surface area contributed by atoms with Crippen LogP contribution >= 0.6 is 11.3 Å². The molecule has 1 aliphatic rings. The van der Waals surface area contributed by atoms with Gasteiger partial charge in [0.25, 0.3) is 0 Å². The second-order valence-electron chi connectivity index (χ2n) is 5.03. The molecule has 3 nitrogen and oxygen atoms in total. The summed E-state index contributed by atoms with van der Waals surface area (Å²) in [6.07, 6.45) is 3.36. The van der Waals surface area contributed by atoms with Crippen LogP contribution in [0.1, 0.15) is 32.3 Å². The maximum Gasteiger partial charge on any atom is 0.236 e. The number of hydrogen-bond donors (Lipinski definition) is 1. The Bertz CT molecular complexity index is 373. The summed E-state index contributed by atoms with van der Waals surface area (Å²) >= 11 is 1.72. The molecule has 1 aromatic heterocycles. The Balaban J connectivity index is 1.71. The third kappa shape index (κ3) is 3.82. The first-order valence-corrected chi connectivity index (χ1v) is 7.69. The van der Waals surface area contributed by atoms with Gasteiger partial charge in [0.1, 0.15) is 0 Å². The molecule has 0 saturated heterocycles. The van der Waals surface area contributed by atoms with Gasteiger partial charge >= 0.3 is 0 Å². The fourth-order valence-corrected chi connectivity index (χ4v) is 2.90. The van der Waals surface area contributed by atoms with Crippen LogP contribution in [0, 0.1) is 0 Å². The van der Waals surface area contributed by atoms with Gasteiger partial charge in [0, 0.05) is 18.6 Å². The number of hydrogen-bond acceptors (Lipinski definition) is 3. The quantitative estimate of drug-likeness (QED) is 0.821. The number of nitrogens with zero attached hydrogens (tertiary/aromatic N) is 1. The van der Waals surface area contributed by atoms with E-state index < -0.39 is 0 Å². The van der Waals surface area contributed by atoms with Crippen LogP contribution in [0.15, 0.2) is 16.8 Å². The molecule has 100 valence electrons. The van der Waals surface area contributed by atoms with E-state index in [2.05, 4.69) is 36.0 Å². The second-order valence-corrected chi connectivity index (χ2v) is 5.81. The van der Waals surface area contributed by atoms with Gasteiger partial charge < -0.3 is 10.2 Å². The zero-order chi connectivity index (χ0) is 13.0. The van der Waals surface area contributed by atoms with Crippen molar-refractivity contribution in [3.05, 3.63) is 22.4 Å². The summed E-state index contributed by atoms with van der Waals surface area (Å²) in [5.74, 6) is 0.247. The topological polar surface area (TPSA) is 32.3 Å². The van der Waals surface area contributed by atoms with Gasteiger partial charge in [0.15, 0.2) is 0 Å². The Hall–Kier alpha value is -0.870. The van der Waals surface area contributed by atoms with Crippen LogP contribution in [-0.4, -0.2) is 36.0 Å². The minimum atomic E-state index is 0.247. The molecule has 0 aromatic carbocycles. The fourth-order valence-electron chi connectivity index (χ4n) is 2.22. The Labute approximate surface area is 113 Å². The molecule has 1 atom stereocenters. The van der Waals surface area contributed by atoms with Crippen molar-refractivity contribution in [2.45, 2.75) is 45.2 Å². The van der Waals surface area contributed by atoms with Crippen molar-refractivity contribution in [3.63, 3.8) is 0 Å². The molecular weight excluding hydrogens is 244 g/mol. The van der Waals surface area contributed by atoms with Gasteiger partial charge in [0.05, 0.1) is 6.54 Å². The molecule has 0 bridgehead atoms. The normalized spacial score (nSPS) is 16.6. The van der Waals surface area contributed by atoms with Crippen molar-refractivity contribution < 1.29 is 4.79 Å². The summed E-state index contributed by atoms with van der Waals surface area (Å²) < 4.78 is 0. The molecular formula is C14H22N2OS. The van der Waals surface area contributed by atoms with E-state index in [0.717, 1.165) is 13.0 Å². The molecule has 2 rings (SSSR count). The molecule has 4 heteroatoms. The highest BCUT2D eigenvalue weighted by Gasteiger charge is 2.30. The van der Waals surface area contributed by atoms with Crippen molar-refractivity contribution in [2.24, 2.45) is 0 Å². The standard InChI is InChI=1S/C14H22N2OS/c1-3-16(13-4-5-13)14(17)9-15-11(2)8-12-6-7-18-10-12/h6-7,10-11,13,15H,3-5,8-9H2,1-2H3. The molecule has 1 aliphatic carbocycles. The number of carbonyl (C=O) groups excluding carboxylic acids is 1. The Kier molecular flexibility index (Phi) is 4.78.